The van der Waals surface area contributed by atoms with Gasteiger partial charge in [0.15, 0.2) is 0 Å². The molecule has 1 heterocycles. The van der Waals surface area contributed by atoms with E-state index in [1.165, 1.54) is 16.7 Å². The summed E-state index contributed by atoms with van der Waals surface area (Å²) in [4.78, 5) is 16.0. The van der Waals surface area contributed by atoms with Gasteiger partial charge in [0.05, 0.1) is 0 Å². The van der Waals surface area contributed by atoms with Gasteiger partial charge in [-0.25, -0.2) is 4.79 Å². The third-order valence-electron chi connectivity index (χ3n) is 6.58. The van der Waals surface area contributed by atoms with Gasteiger partial charge in [0.1, 0.15) is 6.61 Å². The Labute approximate surface area is 209 Å². The first-order chi connectivity index (χ1) is 16.7. The number of hydrogen-bond acceptors (Lipinski definition) is 4. The average molecular weight is 475 g/mol. The smallest absolute Gasteiger partial charge is 0.404 e. The summed E-state index contributed by atoms with van der Waals surface area (Å²) in [6.45, 7) is 9.72. The van der Waals surface area contributed by atoms with E-state index in [9.17, 15) is 4.79 Å². The number of rotatable bonds is 10. The minimum Gasteiger partial charge on any atom is -0.449 e. The van der Waals surface area contributed by atoms with E-state index >= 15 is 0 Å². The van der Waals surface area contributed by atoms with Crippen molar-refractivity contribution in [1.82, 2.24) is 4.98 Å². The Balaban J connectivity index is 2.04. The molecule has 1 amide bonds. The van der Waals surface area contributed by atoms with Gasteiger partial charge in [0.25, 0.3) is 0 Å². The molecule has 3 aromatic rings. The maximum absolute atomic E-state index is 11.6. The number of ether oxygens (including phenoxy) is 2. The zero-order chi connectivity index (χ0) is 25.4. The Morgan fingerprint density at radius 1 is 1.09 bits per heavy atom. The number of aromatic nitrogens is 1. The molecule has 35 heavy (non-hydrogen) atoms. The fraction of sp³-hybridized carbons (Fsp3) is 0.400. The van der Waals surface area contributed by atoms with Crippen molar-refractivity contribution in [3.8, 4) is 11.1 Å². The molecule has 5 nitrogen and oxygen atoms in total. The molecule has 186 valence electrons. The number of benzene rings is 2. The zero-order valence-electron chi connectivity index (χ0n) is 21.6. The Morgan fingerprint density at radius 2 is 1.86 bits per heavy atom. The maximum atomic E-state index is 11.6. The first kappa shape index (κ1) is 26.4. The quantitative estimate of drug-likeness (QED) is 0.334. The topological polar surface area (TPSA) is 74.4 Å². The second-order valence-corrected chi connectivity index (χ2v) is 10.2. The molecule has 0 saturated heterocycles. The summed E-state index contributed by atoms with van der Waals surface area (Å²) in [6, 6.07) is 19.2. The van der Waals surface area contributed by atoms with E-state index in [0.29, 0.717) is 0 Å². The van der Waals surface area contributed by atoms with Gasteiger partial charge in [-0.15, -0.1) is 0 Å². The van der Waals surface area contributed by atoms with Crippen LogP contribution < -0.4 is 5.73 Å². The highest BCUT2D eigenvalue weighted by Crippen LogP contribution is 2.46. The van der Waals surface area contributed by atoms with E-state index < -0.39 is 6.09 Å². The summed E-state index contributed by atoms with van der Waals surface area (Å²) in [5.41, 5.74) is 12.4. The van der Waals surface area contributed by atoms with Gasteiger partial charge >= 0.3 is 6.09 Å². The van der Waals surface area contributed by atoms with Crippen LogP contribution in [-0.2, 0) is 15.9 Å². The van der Waals surface area contributed by atoms with Gasteiger partial charge in [-0.1, -0.05) is 69.3 Å². The van der Waals surface area contributed by atoms with Gasteiger partial charge in [0, 0.05) is 37.9 Å². The van der Waals surface area contributed by atoms with E-state index in [-0.39, 0.29) is 23.9 Å². The summed E-state index contributed by atoms with van der Waals surface area (Å²) >= 11 is 0. The summed E-state index contributed by atoms with van der Waals surface area (Å²) in [5.74, 6) is -0.000808. The fourth-order valence-corrected chi connectivity index (χ4v) is 5.12. The molecular weight excluding hydrogens is 436 g/mol. The molecule has 5 heteroatoms. The number of primary amides is 1. The number of aryl methyl sites for hydroxylation is 2. The second kappa shape index (κ2) is 12.0. The van der Waals surface area contributed by atoms with E-state index in [2.05, 4.69) is 81.2 Å². The SMILES string of the molecule is COCCCc1ccccc1-c1ccc(C(COC(N)=O)C(c2cccnc2)C(C)(C)C)c(C)c1. The minimum absolute atomic E-state index is 0.0708. The molecular formula is C30H38N2O3. The third-order valence-corrected chi connectivity index (χ3v) is 6.58. The molecule has 2 atom stereocenters. The van der Waals surface area contributed by atoms with Crippen LogP contribution in [0.15, 0.2) is 67.0 Å². The number of carbonyl (C=O) groups excluding carboxylic acids is 1. The van der Waals surface area contributed by atoms with Crippen LogP contribution in [0.1, 0.15) is 61.3 Å². The van der Waals surface area contributed by atoms with Crippen molar-refractivity contribution in [2.75, 3.05) is 20.3 Å². The van der Waals surface area contributed by atoms with Crippen molar-refractivity contribution in [2.45, 2.75) is 52.4 Å². The van der Waals surface area contributed by atoms with E-state index in [1.807, 2.05) is 12.3 Å². The Hall–Kier alpha value is -3.18. The lowest BCUT2D eigenvalue weighted by Crippen LogP contribution is -2.30. The Bertz CT molecular complexity index is 1110. The molecule has 2 N–H and O–H groups in total. The van der Waals surface area contributed by atoms with Crippen LogP contribution in [0.3, 0.4) is 0 Å². The number of carbonyl (C=O) groups is 1. The third kappa shape index (κ3) is 6.92. The van der Waals surface area contributed by atoms with Crippen LogP contribution in [0.5, 0.6) is 0 Å². The highest BCUT2D eigenvalue weighted by Gasteiger charge is 2.36. The van der Waals surface area contributed by atoms with Crippen molar-refractivity contribution in [2.24, 2.45) is 11.1 Å². The number of amides is 1. The minimum atomic E-state index is -0.756. The number of methoxy groups -OCH3 is 1. The molecule has 2 unspecified atom stereocenters. The molecule has 0 saturated carbocycles. The molecule has 0 radical (unpaired) electrons. The van der Waals surface area contributed by atoms with E-state index in [1.54, 1.807) is 13.3 Å². The number of pyridine rings is 1. The first-order valence-corrected chi connectivity index (χ1v) is 12.2. The molecule has 0 aliphatic heterocycles. The largest absolute Gasteiger partial charge is 0.449 e. The van der Waals surface area contributed by atoms with E-state index in [4.69, 9.17) is 15.2 Å². The molecule has 2 aromatic carbocycles. The van der Waals surface area contributed by atoms with Gasteiger partial charge in [-0.3, -0.25) is 4.98 Å². The molecule has 1 aromatic heterocycles. The normalized spacial score (nSPS) is 13.3. The van der Waals surface area contributed by atoms with Crippen molar-refractivity contribution < 1.29 is 14.3 Å². The Kier molecular flexibility index (Phi) is 9.05. The van der Waals surface area contributed by atoms with Crippen LogP contribution >= 0.6 is 0 Å². The molecule has 0 aliphatic rings. The fourth-order valence-electron chi connectivity index (χ4n) is 5.12. The lowest BCUT2D eigenvalue weighted by atomic mass is 9.67. The maximum Gasteiger partial charge on any atom is 0.404 e. The van der Waals surface area contributed by atoms with Crippen molar-refractivity contribution in [3.63, 3.8) is 0 Å². The number of nitrogens with zero attached hydrogens (tertiary/aromatic N) is 1. The van der Waals surface area contributed by atoms with Gasteiger partial charge in [0.2, 0.25) is 0 Å². The standard InChI is InChI=1S/C30H38N2O3/c1-21-18-23(26-13-7-6-10-22(26)12-9-17-34-5)14-15-25(21)27(20-35-29(31)33)28(30(2,3)4)24-11-8-16-32-19-24/h6-8,10-11,13-16,18-19,27-28H,9,12,17,20H2,1-5H3,(H2,31,33). The van der Waals surface area contributed by atoms with Crippen LogP contribution in [0.25, 0.3) is 11.1 Å². The predicted molar refractivity (Wildman–Crippen MR) is 142 cm³/mol. The highest BCUT2D eigenvalue weighted by atomic mass is 16.5. The molecule has 0 fully saturated rings. The number of hydrogen-bond donors (Lipinski definition) is 1. The molecule has 0 aliphatic carbocycles. The lowest BCUT2D eigenvalue weighted by molar-refractivity contribution is 0.131. The van der Waals surface area contributed by atoms with Crippen molar-refractivity contribution in [3.05, 3.63) is 89.2 Å². The van der Waals surface area contributed by atoms with E-state index in [0.717, 1.165) is 36.1 Å². The van der Waals surface area contributed by atoms with Crippen molar-refractivity contribution in [1.29, 1.82) is 0 Å². The number of nitrogens with two attached hydrogens (primary N) is 1. The van der Waals surface area contributed by atoms with Gasteiger partial charge in [-0.2, -0.15) is 0 Å². The summed E-state index contributed by atoms with van der Waals surface area (Å²) < 4.78 is 10.7. The molecule has 0 bridgehead atoms. The highest BCUT2D eigenvalue weighted by molar-refractivity contribution is 5.69. The first-order valence-electron chi connectivity index (χ1n) is 12.2. The molecule has 3 rings (SSSR count). The van der Waals surface area contributed by atoms with Crippen LogP contribution in [-0.4, -0.2) is 31.4 Å². The summed E-state index contributed by atoms with van der Waals surface area (Å²) in [6.07, 6.45) is 4.88. The zero-order valence-corrected chi connectivity index (χ0v) is 21.6. The van der Waals surface area contributed by atoms with Crippen molar-refractivity contribution >= 4 is 6.09 Å². The van der Waals surface area contributed by atoms with Crippen LogP contribution in [0.2, 0.25) is 0 Å². The lowest BCUT2D eigenvalue weighted by Gasteiger charge is -2.38. The van der Waals surface area contributed by atoms with Crippen LogP contribution in [0.4, 0.5) is 4.79 Å². The summed E-state index contributed by atoms with van der Waals surface area (Å²) in [7, 11) is 1.74. The van der Waals surface area contributed by atoms with Gasteiger partial charge in [-0.05, 0) is 64.6 Å². The average Bonchev–Trinajstić information content (AvgIpc) is 2.82. The van der Waals surface area contributed by atoms with Crippen LogP contribution in [0, 0.1) is 12.3 Å². The Morgan fingerprint density at radius 3 is 2.49 bits per heavy atom. The monoisotopic (exact) mass is 474 g/mol. The predicted octanol–water partition coefficient (Wildman–Crippen LogP) is 6.64. The second-order valence-electron chi connectivity index (χ2n) is 10.2. The molecule has 0 spiro atoms. The summed E-state index contributed by atoms with van der Waals surface area (Å²) in [5, 5.41) is 0. The van der Waals surface area contributed by atoms with Gasteiger partial charge < -0.3 is 15.2 Å².